The lowest BCUT2D eigenvalue weighted by Crippen LogP contribution is -2.35. The first-order valence-corrected chi connectivity index (χ1v) is 6.63. The maximum Gasteiger partial charge on any atom is 0.152 e. The van der Waals surface area contributed by atoms with Crippen molar-refractivity contribution in [3.8, 4) is 0 Å². The van der Waals surface area contributed by atoms with Crippen molar-refractivity contribution in [2.24, 2.45) is 7.05 Å². The van der Waals surface area contributed by atoms with Crippen LogP contribution in [-0.4, -0.2) is 31.1 Å². The topological polar surface area (TPSA) is 77.8 Å². The van der Waals surface area contributed by atoms with Gasteiger partial charge >= 0.3 is 0 Å². The molecule has 0 aliphatic carbocycles. The van der Waals surface area contributed by atoms with Gasteiger partial charge in [0.15, 0.2) is 11.6 Å². The molecule has 7 nitrogen and oxygen atoms in total. The number of nitrogens with zero attached hydrogens (tertiary/aromatic N) is 6. The molecule has 1 aliphatic rings. The average molecular weight is 261 g/mol. The number of anilines is 2. The van der Waals surface area contributed by atoms with E-state index in [1.165, 1.54) is 0 Å². The molecule has 2 aromatic rings. The zero-order valence-electron chi connectivity index (χ0n) is 11.4. The summed E-state index contributed by atoms with van der Waals surface area (Å²) < 4.78 is 3.96. The Labute approximate surface area is 112 Å². The molecule has 0 saturated carbocycles. The van der Waals surface area contributed by atoms with Gasteiger partial charge in [-0.25, -0.2) is 0 Å². The van der Waals surface area contributed by atoms with Crippen molar-refractivity contribution < 1.29 is 0 Å². The summed E-state index contributed by atoms with van der Waals surface area (Å²) in [5.41, 5.74) is 8.04. The summed E-state index contributed by atoms with van der Waals surface area (Å²) in [6.45, 7) is 4.66. The van der Waals surface area contributed by atoms with E-state index in [0.29, 0.717) is 0 Å². The van der Waals surface area contributed by atoms with E-state index < -0.39 is 0 Å². The number of hydrogen-bond donors (Lipinski definition) is 1. The van der Waals surface area contributed by atoms with Crippen LogP contribution in [0.15, 0.2) is 6.33 Å². The first-order chi connectivity index (χ1) is 9.20. The van der Waals surface area contributed by atoms with Crippen molar-refractivity contribution in [2.45, 2.75) is 32.9 Å². The molecule has 0 aromatic carbocycles. The highest BCUT2D eigenvalue weighted by Gasteiger charge is 2.23. The van der Waals surface area contributed by atoms with E-state index in [9.17, 15) is 0 Å². The molecule has 2 N–H and O–H groups in total. The maximum absolute atomic E-state index is 6.25. The number of aromatic nitrogens is 5. The lowest BCUT2D eigenvalue weighted by atomic mass is 10.2. The van der Waals surface area contributed by atoms with E-state index in [0.717, 1.165) is 55.5 Å². The van der Waals surface area contributed by atoms with E-state index in [1.807, 2.05) is 11.7 Å². The Morgan fingerprint density at radius 3 is 3.00 bits per heavy atom. The lowest BCUT2D eigenvalue weighted by Gasteiger charge is -2.29. The summed E-state index contributed by atoms with van der Waals surface area (Å²) >= 11 is 0. The number of hydrogen-bond acceptors (Lipinski definition) is 5. The number of nitrogen functional groups attached to an aromatic ring is 1. The van der Waals surface area contributed by atoms with Crippen LogP contribution in [0.3, 0.4) is 0 Å². The normalized spacial score (nSPS) is 14.7. The molecule has 7 heteroatoms. The molecule has 2 aromatic heterocycles. The second kappa shape index (κ2) is 4.56. The predicted octanol–water partition coefficient (Wildman–Crippen LogP) is 0.567. The van der Waals surface area contributed by atoms with E-state index in [2.05, 4.69) is 31.7 Å². The van der Waals surface area contributed by atoms with Crippen LogP contribution in [-0.2, 0) is 26.6 Å². The summed E-state index contributed by atoms with van der Waals surface area (Å²) in [7, 11) is 1.95. The van der Waals surface area contributed by atoms with E-state index >= 15 is 0 Å². The summed E-state index contributed by atoms with van der Waals surface area (Å²) in [5.74, 6) is 1.97. The molecule has 0 spiro atoms. The predicted molar refractivity (Wildman–Crippen MR) is 72.7 cm³/mol. The molecule has 0 radical (unpaired) electrons. The molecule has 3 heterocycles. The van der Waals surface area contributed by atoms with Crippen molar-refractivity contribution in [1.82, 2.24) is 24.5 Å². The van der Waals surface area contributed by atoms with Crippen molar-refractivity contribution >= 4 is 11.5 Å². The molecule has 0 saturated heterocycles. The van der Waals surface area contributed by atoms with Gasteiger partial charge in [0, 0.05) is 20.1 Å². The Morgan fingerprint density at radius 2 is 2.21 bits per heavy atom. The van der Waals surface area contributed by atoms with Crippen LogP contribution in [0.1, 0.15) is 24.9 Å². The summed E-state index contributed by atoms with van der Waals surface area (Å²) in [6, 6.07) is 0. The summed E-state index contributed by atoms with van der Waals surface area (Å²) in [5, 5.41) is 12.6. The maximum atomic E-state index is 6.25. The first-order valence-electron chi connectivity index (χ1n) is 6.63. The van der Waals surface area contributed by atoms with Gasteiger partial charge in [0.1, 0.15) is 6.33 Å². The SMILES string of the molecule is CCCc1nn(C)c(N2CCn3cnnc3C2)c1N. The van der Waals surface area contributed by atoms with Gasteiger partial charge in [-0.3, -0.25) is 4.68 Å². The van der Waals surface area contributed by atoms with Crippen LogP contribution in [0, 0.1) is 0 Å². The average Bonchev–Trinajstić information content (AvgIpc) is 2.95. The molecule has 0 bridgehead atoms. The van der Waals surface area contributed by atoms with Gasteiger partial charge in [-0.2, -0.15) is 5.10 Å². The molecule has 102 valence electrons. The van der Waals surface area contributed by atoms with Gasteiger partial charge in [0.05, 0.1) is 17.9 Å². The Kier molecular flexibility index (Phi) is 2.88. The second-order valence-electron chi connectivity index (χ2n) is 4.92. The Morgan fingerprint density at radius 1 is 1.37 bits per heavy atom. The minimum Gasteiger partial charge on any atom is -0.394 e. The number of aryl methyl sites for hydroxylation is 2. The fourth-order valence-electron chi connectivity index (χ4n) is 2.63. The molecule has 0 atom stereocenters. The minimum atomic E-state index is 0.731. The summed E-state index contributed by atoms with van der Waals surface area (Å²) in [6.07, 6.45) is 3.75. The highest BCUT2D eigenvalue weighted by Crippen LogP contribution is 2.29. The van der Waals surface area contributed by atoms with Crippen LogP contribution in [0.5, 0.6) is 0 Å². The van der Waals surface area contributed by atoms with E-state index in [4.69, 9.17) is 5.73 Å². The monoisotopic (exact) mass is 261 g/mol. The third kappa shape index (κ3) is 1.94. The number of rotatable bonds is 3. The molecule has 0 fully saturated rings. The molecular weight excluding hydrogens is 242 g/mol. The van der Waals surface area contributed by atoms with Crippen LogP contribution >= 0.6 is 0 Å². The van der Waals surface area contributed by atoms with Crippen LogP contribution in [0.2, 0.25) is 0 Å². The van der Waals surface area contributed by atoms with Gasteiger partial charge < -0.3 is 15.2 Å². The third-order valence-electron chi connectivity index (χ3n) is 3.55. The highest BCUT2D eigenvalue weighted by atomic mass is 15.4. The van der Waals surface area contributed by atoms with E-state index in [1.54, 1.807) is 6.33 Å². The molecule has 0 amide bonds. The van der Waals surface area contributed by atoms with Crippen LogP contribution in [0.4, 0.5) is 11.5 Å². The standard InChI is InChI=1S/C12H19N7/c1-3-4-9-11(13)12(17(2)16-9)18-5-6-19-8-14-15-10(19)7-18/h8H,3-7,13H2,1-2H3. The third-order valence-corrected chi connectivity index (χ3v) is 3.55. The highest BCUT2D eigenvalue weighted by molar-refractivity contribution is 5.66. The van der Waals surface area contributed by atoms with Gasteiger partial charge in [0.25, 0.3) is 0 Å². The molecule has 3 rings (SSSR count). The molecule has 1 aliphatic heterocycles. The fourth-order valence-corrected chi connectivity index (χ4v) is 2.63. The quantitative estimate of drug-likeness (QED) is 0.873. The van der Waals surface area contributed by atoms with Crippen LogP contribution in [0.25, 0.3) is 0 Å². The van der Waals surface area contributed by atoms with Crippen molar-refractivity contribution in [1.29, 1.82) is 0 Å². The number of nitrogens with two attached hydrogens (primary N) is 1. The largest absolute Gasteiger partial charge is 0.394 e. The zero-order valence-corrected chi connectivity index (χ0v) is 11.4. The van der Waals surface area contributed by atoms with Crippen molar-refractivity contribution in [2.75, 3.05) is 17.2 Å². The molecule has 0 unspecified atom stereocenters. The van der Waals surface area contributed by atoms with Crippen molar-refractivity contribution in [3.05, 3.63) is 17.8 Å². The summed E-state index contributed by atoms with van der Waals surface area (Å²) in [4.78, 5) is 2.23. The minimum absolute atomic E-state index is 0.731. The zero-order chi connectivity index (χ0) is 13.4. The van der Waals surface area contributed by atoms with Gasteiger partial charge in [-0.1, -0.05) is 13.3 Å². The molecular formula is C12H19N7. The van der Waals surface area contributed by atoms with E-state index in [-0.39, 0.29) is 0 Å². The Balaban J connectivity index is 1.91. The lowest BCUT2D eigenvalue weighted by molar-refractivity contribution is 0.546. The second-order valence-corrected chi connectivity index (χ2v) is 4.92. The Hall–Kier alpha value is -2.05. The number of fused-ring (bicyclic) bond motifs is 1. The Bertz CT molecular complexity index is 583. The van der Waals surface area contributed by atoms with Gasteiger partial charge in [0.2, 0.25) is 0 Å². The van der Waals surface area contributed by atoms with Crippen LogP contribution < -0.4 is 10.6 Å². The molecule has 19 heavy (non-hydrogen) atoms. The van der Waals surface area contributed by atoms with Crippen molar-refractivity contribution in [3.63, 3.8) is 0 Å². The van der Waals surface area contributed by atoms with Gasteiger partial charge in [-0.05, 0) is 6.42 Å². The first kappa shape index (κ1) is 12.0. The van der Waals surface area contributed by atoms with Gasteiger partial charge in [-0.15, -0.1) is 10.2 Å². The fraction of sp³-hybridized carbons (Fsp3) is 0.583. The smallest absolute Gasteiger partial charge is 0.152 e.